The molecule has 5 rings (SSSR count). The Morgan fingerprint density at radius 1 is 1.07 bits per heavy atom. The van der Waals surface area contributed by atoms with Crippen molar-refractivity contribution in [2.45, 2.75) is 19.9 Å². The topological polar surface area (TPSA) is 138 Å². The molecule has 0 aliphatic carbocycles. The lowest BCUT2D eigenvalue weighted by atomic mass is 10.1. The zero-order chi connectivity index (χ0) is 29.6. The van der Waals surface area contributed by atoms with Crippen molar-refractivity contribution in [2.75, 3.05) is 31.6 Å². The minimum Gasteiger partial charge on any atom is -0.507 e. The van der Waals surface area contributed by atoms with E-state index in [-0.39, 0.29) is 47.7 Å². The molecule has 0 unspecified atom stereocenters. The molecule has 2 aromatic heterocycles. The molecule has 1 atom stereocenters. The van der Waals surface area contributed by atoms with Crippen LogP contribution in [0, 0.1) is 18.6 Å². The largest absolute Gasteiger partial charge is 0.507 e. The summed E-state index contributed by atoms with van der Waals surface area (Å²) in [5.41, 5.74) is -1.54. The van der Waals surface area contributed by atoms with E-state index in [4.69, 9.17) is 4.74 Å². The van der Waals surface area contributed by atoms with Gasteiger partial charge in [0, 0.05) is 25.7 Å². The molecule has 13 heteroatoms. The first kappa shape index (κ1) is 27.5. The van der Waals surface area contributed by atoms with Crippen LogP contribution in [0.15, 0.2) is 47.3 Å². The molecule has 0 saturated carbocycles. The summed E-state index contributed by atoms with van der Waals surface area (Å²) in [6, 6.07) is 8.73. The number of aromatic hydroxyl groups is 1. The molecular formula is C28H25F2N5O6. The second-order valence-electron chi connectivity index (χ2n) is 9.61. The summed E-state index contributed by atoms with van der Waals surface area (Å²) in [7, 11) is 1.18. The van der Waals surface area contributed by atoms with Gasteiger partial charge in [0.05, 0.1) is 29.3 Å². The minimum atomic E-state index is -1.10. The van der Waals surface area contributed by atoms with Gasteiger partial charge in [-0.3, -0.25) is 0 Å². The first-order valence-electron chi connectivity index (χ1n) is 12.6. The average molecular weight is 566 g/mol. The number of methoxy groups -OCH3 is 1. The number of phenolic OH excluding ortho intramolecular Hbond substituents is 1. The maximum atomic E-state index is 15.7. The SMILES string of the molecule is COC(=O)c1cccc(C)c1-n1c(=O)nc(N2CCN(C(=O)O)C[C@@H]2C)c2cc(F)c(-c3c(O)cccc3F)nc21. The predicted octanol–water partition coefficient (Wildman–Crippen LogP) is 3.72. The number of carboxylic acid groups (broad SMARTS) is 1. The molecule has 11 nitrogen and oxygen atoms in total. The molecule has 1 fully saturated rings. The lowest BCUT2D eigenvalue weighted by Gasteiger charge is -2.39. The van der Waals surface area contributed by atoms with Crippen LogP contribution in [0.1, 0.15) is 22.8 Å². The molecule has 1 aliphatic heterocycles. The van der Waals surface area contributed by atoms with Crippen molar-refractivity contribution in [1.82, 2.24) is 19.4 Å². The minimum absolute atomic E-state index is 0.00954. The number of piperazine rings is 1. The van der Waals surface area contributed by atoms with Gasteiger partial charge >= 0.3 is 17.8 Å². The fourth-order valence-corrected chi connectivity index (χ4v) is 5.13. The molecule has 212 valence electrons. The number of ether oxygens (including phenoxy) is 1. The number of benzene rings is 2. The highest BCUT2D eigenvalue weighted by molar-refractivity contribution is 5.96. The van der Waals surface area contributed by atoms with Crippen molar-refractivity contribution in [1.29, 1.82) is 0 Å². The van der Waals surface area contributed by atoms with Crippen LogP contribution in [0.4, 0.5) is 19.4 Å². The summed E-state index contributed by atoms with van der Waals surface area (Å²) in [5, 5.41) is 19.9. The number of fused-ring (bicyclic) bond motifs is 1. The molecule has 0 spiro atoms. The molecule has 0 bridgehead atoms. The number of carbonyl (C=O) groups is 2. The lowest BCUT2D eigenvalue weighted by Crippen LogP contribution is -2.54. The molecule has 3 heterocycles. The van der Waals surface area contributed by atoms with Crippen molar-refractivity contribution in [2.24, 2.45) is 0 Å². The highest BCUT2D eigenvalue weighted by Gasteiger charge is 2.31. The number of anilines is 1. The van der Waals surface area contributed by atoms with E-state index in [0.29, 0.717) is 5.56 Å². The third kappa shape index (κ3) is 4.68. The summed E-state index contributed by atoms with van der Waals surface area (Å²) in [5.74, 6) is -3.21. The molecule has 41 heavy (non-hydrogen) atoms. The van der Waals surface area contributed by atoms with Crippen LogP contribution >= 0.6 is 0 Å². The fraction of sp³-hybridized carbons (Fsp3) is 0.250. The standard InChI is InChI=1S/C28H25F2N5O6/c1-14-6-4-7-16(26(37)41-3)23(14)35-25-17(12-19(30)22(31-25)21-18(29)8-5-9-20(21)36)24(32-27(35)38)34-11-10-33(28(39)40)13-15(34)2/h4-9,12,15,36H,10-11,13H2,1-3H3,(H,39,40)/t15-/m0/s1. The van der Waals surface area contributed by atoms with E-state index in [1.165, 1.54) is 30.2 Å². The number of para-hydroxylation sites is 1. The zero-order valence-electron chi connectivity index (χ0n) is 22.3. The smallest absolute Gasteiger partial charge is 0.407 e. The van der Waals surface area contributed by atoms with E-state index < -0.39 is 52.4 Å². The monoisotopic (exact) mass is 565 g/mol. The highest BCUT2D eigenvalue weighted by atomic mass is 19.1. The lowest BCUT2D eigenvalue weighted by molar-refractivity contribution is 0.0600. The van der Waals surface area contributed by atoms with Crippen molar-refractivity contribution >= 4 is 28.9 Å². The Kier molecular flexibility index (Phi) is 7.03. The van der Waals surface area contributed by atoms with Gasteiger partial charge in [-0.25, -0.2) is 32.7 Å². The van der Waals surface area contributed by atoms with Crippen LogP contribution < -0.4 is 10.6 Å². The van der Waals surface area contributed by atoms with Crippen LogP contribution in [-0.4, -0.2) is 74.5 Å². The summed E-state index contributed by atoms with van der Waals surface area (Å²) in [4.78, 5) is 49.5. The number of nitrogens with zero attached hydrogens (tertiary/aromatic N) is 5. The molecule has 4 aromatic rings. The predicted molar refractivity (Wildman–Crippen MR) is 145 cm³/mol. The summed E-state index contributed by atoms with van der Waals surface area (Å²) >= 11 is 0. The van der Waals surface area contributed by atoms with Crippen LogP contribution in [0.5, 0.6) is 5.75 Å². The van der Waals surface area contributed by atoms with Crippen LogP contribution in [-0.2, 0) is 4.74 Å². The normalized spacial score (nSPS) is 15.3. The van der Waals surface area contributed by atoms with Gasteiger partial charge in [0.2, 0.25) is 0 Å². The third-order valence-electron chi connectivity index (χ3n) is 7.07. The van der Waals surface area contributed by atoms with Crippen LogP contribution in [0.2, 0.25) is 0 Å². The second-order valence-corrected chi connectivity index (χ2v) is 9.61. The first-order valence-corrected chi connectivity index (χ1v) is 12.6. The third-order valence-corrected chi connectivity index (χ3v) is 7.07. The van der Waals surface area contributed by atoms with Gasteiger partial charge < -0.3 is 24.7 Å². The fourth-order valence-electron chi connectivity index (χ4n) is 5.13. The molecule has 1 saturated heterocycles. The van der Waals surface area contributed by atoms with Crippen molar-refractivity contribution in [3.05, 3.63) is 75.7 Å². The van der Waals surface area contributed by atoms with Gasteiger partial charge in [-0.05, 0) is 43.7 Å². The number of pyridine rings is 1. The molecule has 0 radical (unpaired) electrons. The highest BCUT2D eigenvalue weighted by Crippen LogP contribution is 2.36. The van der Waals surface area contributed by atoms with E-state index in [2.05, 4.69) is 9.97 Å². The summed E-state index contributed by atoms with van der Waals surface area (Å²) in [6.45, 7) is 3.74. The Morgan fingerprint density at radius 3 is 2.46 bits per heavy atom. The van der Waals surface area contributed by atoms with Crippen LogP contribution in [0.25, 0.3) is 28.0 Å². The van der Waals surface area contributed by atoms with Gasteiger partial charge in [0.25, 0.3) is 0 Å². The molecule has 2 N–H and O–H groups in total. The quantitative estimate of drug-likeness (QED) is 0.355. The molecule has 2 aromatic carbocycles. The number of amides is 1. The van der Waals surface area contributed by atoms with Crippen molar-refractivity contribution in [3.63, 3.8) is 0 Å². The van der Waals surface area contributed by atoms with Crippen LogP contribution in [0.3, 0.4) is 0 Å². The van der Waals surface area contributed by atoms with E-state index >= 15 is 4.39 Å². The number of phenols is 1. The average Bonchev–Trinajstić information content (AvgIpc) is 2.93. The number of aromatic nitrogens is 3. The Balaban J connectivity index is 1.86. The number of carbonyl (C=O) groups excluding carboxylic acids is 1. The maximum Gasteiger partial charge on any atom is 0.407 e. The number of hydrogen-bond acceptors (Lipinski definition) is 8. The van der Waals surface area contributed by atoms with E-state index in [1.54, 1.807) is 30.9 Å². The maximum absolute atomic E-state index is 15.7. The number of hydrogen-bond donors (Lipinski definition) is 2. The van der Waals surface area contributed by atoms with E-state index in [9.17, 15) is 29.0 Å². The first-order chi connectivity index (χ1) is 19.5. The van der Waals surface area contributed by atoms with Gasteiger partial charge in [0.1, 0.15) is 23.1 Å². The Labute approximate surface area is 231 Å². The van der Waals surface area contributed by atoms with E-state index in [1.807, 2.05) is 0 Å². The molecular weight excluding hydrogens is 540 g/mol. The van der Waals surface area contributed by atoms with Gasteiger partial charge in [-0.1, -0.05) is 18.2 Å². The molecule has 1 aliphatic rings. The second kappa shape index (κ2) is 10.5. The van der Waals surface area contributed by atoms with E-state index in [0.717, 1.165) is 16.7 Å². The Hall–Kier alpha value is -5.07. The zero-order valence-corrected chi connectivity index (χ0v) is 22.3. The van der Waals surface area contributed by atoms with Crippen molar-refractivity contribution < 1.29 is 33.3 Å². The summed E-state index contributed by atoms with van der Waals surface area (Å²) < 4.78 is 36.5. The van der Waals surface area contributed by atoms with Crippen molar-refractivity contribution in [3.8, 4) is 22.7 Å². The Morgan fingerprint density at radius 2 is 1.80 bits per heavy atom. The number of esters is 1. The van der Waals surface area contributed by atoms with Gasteiger partial charge in [-0.2, -0.15) is 4.98 Å². The molecule has 1 amide bonds. The van der Waals surface area contributed by atoms with Gasteiger partial charge in [-0.15, -0.1) is 0 Å². The number of halogens is 2. The Bertz CT molecular complexity index is 1760. The number of aryl methyl sites for hydroxylation is 1. The summed E-state index contributed by atoms with van der Waals surface area (Å²) in [6.07, 6.45) is -1.10. The van der Waals surface area contributed by atoms with Gasteiger partial charge in [0.15, 0.2) is 11.5 Å². The number of rotatable bonds is 4.